The Morgan fingerprint density at radius 2 is 0.750 bits per heavy atom. The van der Waals surface area contributed by atoms with Gasteiger partial charge in [-0.25, -0.2) is 0 Å². The summed E-state index contributed by atoms with van der Waals surface area (Å²) in [6.45, 7) is 25.2. The van der Waals surface area contributed by atoms with Crippen LogP contribution in [0.15, 0.2) is 0 Å². The predicted molar refractivity (Wildman–Crippen MR) is 157 cm³/mol. The Balaban J connectivity index is 1.78. The molecule has 32 heavy (non-hydrogen) atoms. The fourth-order valence-corrected chi connectivity index (χ4v) is 93.2. The molecule has 12 nitrogen and oxygen atoms in total. The van der Waals surface area contributed by atoms with E-state index in [0.717, 1.165) is 0 Å². The van der Waals surface area contributed by atoms with E-state index in [4.69, 9.17) is 0 Å². The van der Waals surface area contributed by atoms with Crippen LogP contribution < -0.4 is 46.5 Å². The SMILES string of the molecule is C[SiH]1N[Si]2(C)N[SiH](C)N[Si]3(C)N[SiH](C)N[Si]4(C)N[Si]5(C)N[SiH](C)N[Si](C)(N1)N5[Si](C)(N2)N34. The van der Waals surface area contributed by atoms with Crippen molar-refractivity contribution in [1.82, 2.24) is 54.3 Å². The zero-order chi connectivity index (χ0) is 23.5. The van der Waals surface area contributed by atoms with Gasteiger partial charge in [0.2, 0.25) is 0 Å². The van der Waals surface area contributed by atoms with Crippen LogP contribution >= 0.6 is 0 Å². The molecule has 8 unspecified atom stereocenters. The topological polar surface area (TPSA) is 127 Å². The van der Waals surface area contributed by atoms with Crippen molar-refractivity contribution in [3.8, 4) is 0 Å². The summed E-state index contributed by atoms with van der Waals surface area (Å²) in [5.74, 6) is 0. The van der Waals surface area contributed by atoms with Gasteiger partial charge in [-0.15, -0.1) is 0 Å². The number of fused-ring (bicyclic) bond motifs is 1. The monoisotopic (exact) mass is 612 g/mol. The molecule has 22 heteroatoms. The van der Waals surface area contributed by atoms with Gasteiger partial charge in [0.15, 0.2) is 36.5 Å². The molecule has 5 rings (SSSR count). The quantitative estimate of drug-likeness (QED) is 0.121. The normalized spacial score (nSPS) is 61.3. The van der Waals surface area contributed by atoms with E-state index in [9.17, 15) is 0 Å². The number of nitrogens with zero attached hydrogens (tertiary/aromatic N) is 2. The highest BCUT2D eigenvalue weighted by atomic mass is 28.6. The van der Waals surface area contributed by atoms with E-state index in [1.165, 1.54) is 0 Å². The van der Waals surface area contributed by atoms with E-state index in [1.54, 1.807) is 0 Å². The Morgan fingerprint density at radius 3 is 1.12 bits per heavy atom. The molecule has 0 aromatic heterocycles. The van der Waals surface area contributed by atoms with Crippen LogP contribution in [0.5, 0.6) is 0 Å². The molecule has 8 atom stereocenters. The minimum Gasteiger partial charge on any atom is -0.327 e. The molecule has 10 N–H and O–H groups in total. The molecule has 5 heterocycles. The molecule has 0 aliphatic carbocycles. The van der Waals surface area contributed by atoms with Crippen LogP contribution in [-0.4, -0.2) is 95.6 Å². The van der Waals surface area contributed by atoms with Crippen molar-refractivity contribution < 1.29 is 0 Å². The van der Waals surface area contributed by atoms with Crippen LogP contribution in [0.2, 0.25) is 65.5 Å². The summed E-state index contributed by atoms with van der Waals surface area (Å²) in [5.41, 5.74) is 0. The van der Waals surface area contributed by atoms with Crippen LogP contribution in [0.1, 0.15) is 0 Å². The molecular weight excluding hydrogens is 569 g/mol. The fraction of sp³-hybridized carbons (Fsp3) is 1.00. The lowest BCUT2D eigenvalue weighted by Crippen LogP contribution is -3.15. The van der Waals surface area contributed by atoms with E-state index >= 15 is 0 Å². The maximum Gasteiger partial charge on any atom is 0.261 e. The summed E-state index contributed by atoms with van der Waals surface area (Å²) >= 11 is 0. The maximum atomic E-state index is 4.53. The molecule has 5 fully saturated rings. The summed E-state index contributed by atoms with van der Waals surface area (Å²) in [5, 5.41) is 0. The van der Waals surface area contributed by atoms with Gasteiger partial charge < -0.3 is 46.5 Å². The molecule has 0 aromatic rings. The first kappa shape index (κ1) is 25.3. The van der Waals surface area contributed by atoms with Gasteiger partial charge in [-0.1, -0.05) is 0 Å². The standard InChI is InChI=1S/C10H44N12Si10/c1-23-11-27(5)12-24(2)14-29(7)16-26(4)18-31(9)20-30(8)17-25(3)15-28(6,13-23)21(30)32(10,19-27)22(29)31/h11-20,23-26H,1-10H3. The molecule has 0 spiro atoms. The smallest absolute Gasteiger partial charge is 0.261 e. The molecule has 5 saturated heterocycles. The van der Waals surface area contributed by atoms with Crippen LogP contribution in [0.3, 0.4) is 0 Å². The number of nitrogens with one attached hydrogen (secondary N) is 10. The predicted octanol–water partition coefficient (Wildman–Crippen LogP) is -4.63. The first-order chi connectivity index (χ1) is 14.6. The Bertz CT molecular complexity index is 761. The van der Waals surface area contributed by atoms with Gasteiger partial charge in [-0.2, -0.15) is 0 Å². The third-order valence-electron chi connectivity index (χ3n) is 7.63. The van der Waals surface area contributed by atoms with Gasteiger partial charge in [-0.3, -0.25) is 7.79 Å². The highest BCUT2D eigenvalue weighted by Gasteiger charge is 2.76. The zero-order valence-corrected chi connectivity index (χ0v) is 31.8. The van der Waals surface area contributed by atoms with Crippen LogP contribution in [-0.2, 0) is 0 Å². The van der Waals surface area contributed by atoms with Gasteiger partial charge in [0.05, 0.1) is 0 Å². The van der Waals surface area contributed by atoms with Crippen molar-refractivity contribution in [2.45, 2.75) is 65.5 Å². The Morgan fingerprint density at radius 1 is 0.438 bits per heavy atom. The number of hydrogen-bond acceptors (Lipinski definition) is 12. The maximum absolute atomic E-state index is 4.53. The van der Waals surface area contributed by atoms with E-state index in [-0.39, 0.29) is 0 Å². The van der Waals surface area contributed by atoms with Crippen molar-refractivity contribution in [2.24, 2.45) is 0 Å². The molecule has 5 aliphatic heterocycles. The van der Waals surface area contributed by atoms with Crippen molar-refractivity contribution in [3.63, 3.8) is 0 Å². The molecule has 0 radical (unpaired) electrons. The van der Waals surface area contributed by atoms with E-state index < -0.39 is 87.8 Å². The van der Waals surface area contributed by atoms with Crippen molar-refractivity contribution in [2.75, 3.05) is 0 Å². The Kier molecular flexibility index (Phi) is 6.02. The molecule has 5 aliphatic rings. The summed E-state index contributed by atoms with van der Waals surface area (Å²) in [7, 11) is -17.9. The van der Waals surface area contributed by atoms with E-state index in [0.29, 0.717) is 0 Å². The lowest BCUT2D eigenvalue weighted by Gasteiger charge is -2.76. The summed E-state index contributed by atoms with van der Waals surface area (Å²) in [6.07, 6.45) is 0. The second-order valence-corrected chi connectivity index (χ2v) is 46.6. The molecule has 0 aromatic carbocycles. The molecular formula is C10H44N12Si10. The fourth-order valence-electron chi connectivity index (χ4n) is 8.10. The van der Waals surface area contributed by atoms with Gasteiger partial charge in [0.25, 0.3) is 51.4 Å². The Hall–Kier alpha value is 1.69. The Labute approximate surface area is 206 Å². The first-order valence-electron chi connectivity index (χ1n) is 12.0. The summed E-state index contributed by atoms with van der Waals surface area (Å²) < 4.78 is 49.0. The van der Waals surface area contributed by atoms with Crippen LogP contribution in [0.25, 0.3) is 0 Å². The lowest BCUT2D eigenvalue weighted by atomic mass is 11.9. The second-order valence-electron chi connectivity index (χ2n) is 11.4. The third-order valence-corrected chi connectivity index (χ3v) is 68.7. The van der Waals surface area contributed by atoms with Gasteiger partial charge >= 0.3 is 0 Å². The summed E-state index contributed by atoms with van der Waals surface area (Å²) in [4.78, 5) is 0. The van der Waals surface area contributed by atoms with E-state index in [2.05, 4.69) is 120 Å². The minimum absolute atomic E-state index is 1.23. The van der Waals surface area contributed by atoms with E-state index in [1.807, 2.05) is 0 Å². The van der Waals surface area contributed by atoms with Crippen molar-refractivity contribution >= 4 is 87.8 Å². The van der Waals surface area contributed by atoms with Crippen LogP contribution in [0.4, 0.5) is 0 Å². The van der Waals surface area contributed by atoms with Crippen molar-refractivity contribution in [1.29, 1.82) is 0 Å². The second kappa shape index (κ2) is 7.61. The number of rotatable bonds is 0. The average molecular weight is 613 g/mol. The van der Waals surface area contributed by atoms with Crippen molar-refractivity contribution in [3.05, 3.63) is 0 Å². The molecule has 0 saturated carbocycles. The molecule has 0 amide bonds. The summed E-state index contributed by atoms with van der Waals surface area (Å²) in [6, 6.07) is 0. The average Bonchev–Trinajstić information content (AvgIpc) is 2.45. The zero-order valence-electron chi connectivity index (χ0n) is 21.2. The van der Waals surface area contributed by atoms with Gasteiger partial charge in [0.1, 0.15) is 0 Å². The minimum atomic E-state index is -2.32. The molecule has 2 bridgehead atoms. The lowest BCUT2D eigenvalue weighted by molar-refractivity contribution is 0.599. The van der Waals surface area contributed by atoms with Crippen LogP contribution in [0, 0.1) is 0 Å². The third kappa shape index (κ3) is 3.71. The largest absolute Gasteiger partial charge is 0.327 e. The highest BCUT2D eigenvalue weighted by Crippen LogP contribution is 2.38. The first-order valence-corrected chi connectivity index (χ1v) is 35.9. The van der Waals surface area contributed by atoms with Gasteiger partial charge in [0, 0.05) is 0 Å². The highest BCUT2D eigenvalue weighted by molar-refractivity contribution is 7.24. The number of hydrogen-bond donors (Lipinski definition) is 10. The van der Waals surface area contributed by atoms with Gasteiger partial charge in [-0.05, 0) is 65.5 Å². The molecule has 184 valence electrons.